The number of carbonyl (C=O) groups is 1. The molecule has 2 aliphatic rings. The van der Waals surface area contributed by atoms with Crippen molar-refractivity contribution in [3.05, 3.63) is 70.9 Å². The van der Waals surface area contributed by atoms with Crippen molar-refractivity contribution in [1.29, 1.82) is 0 Å². The molecule has 1 amide bonds. The molecule has 1 aliphatic carbocycles. The van der Waals surface area contributed by atoms with E-state index in [1.54, 1.807) is 4.90 Å². The van der Waals surface area contributed by atoms with Crippen LogP contribution >= 0.6 is 0 Å². The van der Waals surface area contributed by atoms with Crippen molar-refractivity contribution < 1.29 is 13.6 Å². The summed E-state index contributed by atoms with van der Waals surface area (Å²) in [5, 5.41) is 1.09. The number of hydrogen-bond acceptors (Lipinski definition) is 1. The van der Waals surface area contributed by atoms with Gasteiger partial charge in [-0.2, -0.15) is 0 Å². The van der Waals surface area contributed by atoms with Crippen LogP contribution in [0.15, 0.2) is 42.5 Å². The number of rotatable bonds is 2. The van der Waals surface area contributed by atoms with Gasteiger partial charge in [0.05, 0.1) is 0 Å². The number of H-pyrrole nitrogens is 1. The molecule has 28 heavy (non-hydrogen) atoms. The second-order valence-electron chi connectivity index (χ2n) is 7.89. The van der Waals surface area contributed by atoms with Crippen LogP contribution in [0.5, 0.6) is 0 Å². The Bertz CT molecular complexity index is 1050. The highest BCUT2D eigenvalue weighted by Gasteiger charge is 2.39. The first kappa shape index (κ1) is 17.4. The second kappa shape index (κ2) is 6.73. The molecule has 5 heteroatoms. The van der Waals surface area contributed by atoms with Crippen molar-refractivity contribution in [3.8, 4) is 0 Å². The molecule has 2 aromatic carbocycles. The molecule has 1 unspecified atom stereocenters. The number of carbonyl (C=O) groups excluding carboxylic acids is 1. The largest absolute Gasteiger partial charge is 0.356 e. The number of halogens is 2. The van der Waals surface area contributed by atoms with Crippen LogP contribution in [-0.4, -0.2) is 22.3 Å². The number of nitrogens with zero attached hydrogens (tertiary/aromatic N) is 1. The lowest BCUT2D eigenvalue weighted by molar-refractivity contribution is -0.137. The fourth-order valence-electron chi connectivity index (χ4n) is 4.93. The minimum Gasteiger partial charge on any atom is -0.356 e. The van der Waals surface area contributed by atoms with Gasteiger partial charge < -0.3 is 9.88 Å². The van der Waals surface area contributed by atoms with Crippen LogP contribution in [0.3, 0.4) is 0 Å². The highest BCUT2D eigenvalue weighted by Crippen LogP contribution is 2.41. The molecule has 1 aliphatic heterocycles. The van der Waals surface area contributed by atoms with Crippen molar-refractivity contribution in [2.45, 2.75) is 38.1 Å². The molecule has 0 saturated heterocycles. The van der Waals surface area contributed by atoms with Crippen LogP contribution < -0.4 is 0 Å². The summed E-state index contributed by atoms with van der Waals surface area (Å²) < 4.78 is 28.8. The van der Waals surface area contributed by atoms with Gasteiger partial charge in [-0.3, -0.25) is 4.79 Å². The molecule has 5 rings (SSSR count). The van der Waals surface area contributed by atoms with Gasteiger partial charge in [-0.05, 0) is 49.1 Å². The van der Waals surface area contributed by atoms with E-state index in [0.717, 1.165) is 60.0 Å². The number of benzene rings is 2. The van der Waals surface area contributed by atoms with Gasteiger partial charge in [0, 0.05) is 34.6 Å². The van der Waals surface area contributed by atoms with Crippen molar-refractivity contribution in [3.63, 3.8) is 0 Å². The standard InChI is InChI=1S/C23H22F2N2O/c24-15-9-10-19(25)18(13-15)22-21-17(16-7-3-4-8-20(16)26-21)11-12-27(22)23(28)14-5-1-2-6-14/h3-4,7-10,13-14,22,26H,1-2,5-6,11-12H2. The lowest BCUT2D eigenvalue weighted by atomic mass is 9.90. The van der Waals surface area contributed by atoms with Gasteiger partial charge in [0.2, 0.25) is 5.91 Å². The van der Waals surface area contributed by atoms with E-state index in [1.165, 1.54) is 6.07 Å². The Morgan fingerprint density at radius 1 is 1.07 bits per heavy atom. The minimum absolute atomic E-state index is 0.00921. The number of para-hydroxylation sites is 1. The molecule has 144 valence electrons. The SMILES string of the molecule is O=C(C1CCCC1)N1CCc2c([nH]c3ccccc23)C1c1cc(F)ccc1F. The summed E-state index contributed by atoms with van der Waals surface area (Å²) in [4.78, 5) is 18.5. The van der Waals surface area contributed by atoms with E-state index in [0.29, 0.717) is 13.0 Å². The Balaban J connectivity index is 1.68. The fraction of sp³-hybridized carbons (Fsp3) is 0.348. The zero-order valence-corrected chi connectivity index (χ0v) is 15.6. The quantitative estimate of drug-likeness (QED) is 0.659. The number of fused-ring (bicyclic) bond motifs is 3. The van der Waals surface area contributed by atoms with Gasteiger partial charge in [0.15, 0.2) is 0 Å². The lowest BCUT2D eigenvalue weighted by Crippen LogP contribution is -2.43. The number of nitrogens with one attached hydrogen (secondary N) is 1. The molecule has 3 nitrogen and oxygen atoms in total. The highest BCUT2D eigenvalue weighted by molar-refractivity contribution is 5.87. The number of hydrogen-bond donors (Lipinski definition) is 1. The van der Waals surface area contributed by atoms with E-state index in [9.17, 15) is 13.6 Å². The van der Waals surface area contributed by atoms with Crippen molar-refractivity contribution in [1.82, 2.24) is 9.88 Å². The number of aromatic nitrogens is 1. The summed E-state index contributed by atoms with van der Waals surface area (Å²) in [6, 6.07) is 10.8. The molecule has 3 aromatic rings. The van der Waals surface area contributed by atoms with Crippen LogP contribution in [0.25, 0.3) is 10.9 Å². The summed E-state index contributed by atoms with van der Waals surface area (Å²) >= 11 is 0. The monoisotopic (exact) mass is 380 g/mol. The Morgan fingerprint density at radius 3 is 2.68 bits per heavy atom. The van der Waals surface area contributed by atoms with Crippen LogP contribution in [0, 0.1) is 17.6 Å². The van der Waals surface area contributed by atoms with Crippen LogP contribution in [-0.2, 0) is 11.2 Å². The summed E-state index contributed by atoms with van der Waals surface area (Å²) in [5.74, 6) is -0.921. The van der Waals surface area contributed by atoms with Gasteiger partial charge in [0.25, 0.3) is 0 Å². The third-order valence-corrected chi connectivity index (χ3v) is 6.27. The fourth-order valence-corrected chi connectivity index (χ4v) is 4.93. The van der Waals surface area contributed by atoms with E-state index in [2.05, 4.69) is 4.98 Å². The average molecular weight is 380 g/mol. The molecule has 0 spiro atoms. The smallest absolute Gasteiger partial charge is 0.226 e. The van der Waals surface area contributed by atoms with E-state index < -0.39 is 17.7 Å². The van der Waals surface area contributed by atoms with Crippen molar-refractivity contribution >= 4 is 16.8 Å². The number of amides is 1. The van der Waals surface area contributed by atoms with Crippen molar-refractivity contribution in [2.75, 3.05) is 6.54 Å². The van der Waals surface area contributed by atoms with Gasteiger partial charge in [0.1, 0.15) is 17.7 Å². The van der Waals surface area contributed by atoms with E-state index in [1.807, 2.05) is 24.3 Å². The average Bonchev–Trinajstić information content (AvgIpc) is 3.36. The first-order valence-electron chi connectivity index (χ1n) is 9.98. The lowest BCUT2D eigenvalue weighted by Gasteiger charge is -2.38. The highest BCUT2D eigenvalue weighted by atomic mass is 19.1. The topological polar surface area (TPSA) is 36.1 Å². The molecular formula is C23H22F2N2O. The zero-order chi connectivity index (χ0) is 19.3. The van der Waals surface area contributed by atoms with Crippen LogP contribution in [0.4, 0.5) is 8.78 Å². The summed E-state index contributed by atoms with van der Waals surface area (Å²) in [7, 11) is 0. The van der Waals surface area contributed by atoms with Gasteiger partial charge in [-0.15, -0.1) is 0 Å². The summed E-state index contributed by atoms with van der Waals surface area (Å²) in [6.07, 6.45) is 4.59. The van der Waals surface area contributed by atoms with Crippen LogP contribution in [0.2, 0.25) is 0 Å². The molecular weight excluding hydrogens is 358 g/mol. The molecule has 1 N–H and O–H groups in total. The molecule has 1 saturated carbocycles. The predicted octanol–water partition coefficient (Wildman–Crippen LogP) is 5.11. The maximum absolute atomic E-state index is 14.8. The molecule has 2 heterocycles. The third-order valence-electron chi connectivity index (χ3n) is 6.27. The van der Waals surface area contributed by atoms with Gasteiger partial charge in [-0.1, -0.05) is 31.0 Å². The maximum Gasteiger partial charge on any atom is 0.226 e. The van der Waals surface area contributed by atoms with E-state index >= 15 is 0 Å². The van der Waals surface area contributed by atoms with Crippen molar-refractivity contribution in [2.24, 2.45) is 5.92 Å². The third kappa shape index (κ3) is 2.72. The van der Waals surface area contributed by atoms with Gasteiger partial charge in [-0.25, -0.2) is 8.78 Å². The molecule has 1 aromatic heterocycles. The summed E-state index contributed by atoms with van der Waals surface area (Å²) in [6.45, 7) is 0.519. The molecule has 0 bridgehead atoms. The Morgan fingerprint density at radius 2 is 1.86 bits per heavy atom. The first-order chi connectivity index (χ1) is 13.6. The molecule has 1 atom stereocenters. The molecule has 1 fully saturated rings. The second-order valence-corrected chi connectivity index (χ2v) is 7.89. The van der Waals surface area contributed by atoms with Gasteiger partial charge >= 0.3 is 0 Å². The Labute approximate surface area is 162 Å². The summed E-state index contributed by atoms with van der Waals surface area (Å²) in [5.41, 5.74) is 3.09. The van der Waals surface area contributed by atoms with E-state index in [4.69, 9.17) is 0 Å². The predicted molar refractivity (Wildman–Crippen MR) is 104 cm³/mol. The van der Waals surface area contributed by atoms with Crippen LogP contribution in [0.1, 0.15) is 48.5 Å². The zero-order valence-electron chi connectivity index (χ0n) is 15.6. The van der Waals surface area contributed by atoms with E-state index in [-0.39, 0.29) is 17.4 Å². The minimum atomic E-state index is -0.625. The Kier molecular flexibility index (Phi) is 4.18. The first-order valence-corrected chi connectivity index (χ1v) is 9.98. The molecule has 0 radical (unpaired) electrons. The normalized spacial score (nSPS) is 19.9. The maximum atomic E-state index is 14.8. The number of aromatic amines is 1. The Hall–Kier alpha value is -2.69.